The van der Waals surface area contributed by atoms with Gasteiger partial charge in [0.1, 0.15) is 0 Å². The number of hydrogen-bond donors (Lipinski definition) is 1. The third-order valence-electron chi connectivity index (χ3n) is 10.6. The standard InChI is InChI=1S/C29H38N2/c1-28-13-10-23(30-3)17-22(28)6-7-24-26-9-8-25(29(26,2)14-11-27(24)28)20-5-4-19-12-15-31-18-21(19)16-20/h4-6,12,15-16,18,23-27,30H,7-11,13-14,17H2,1-3H3/t23-,24-,25+,26-,27-,28-,29+/m0/s1. The highest BCUT2D eigenvalue weighted by molar-refractivity contribution is 5.82. The lowest BCUT2D eigenvalue weighted by molar-refractivity contribution is -0.0325. The number of nitrogens with zero attached hydrogens (tertiary/aromatic N) is 1. The molecule has 0 saturated heterocycles. The second-order valence-corrected chi connectivity index (χ2v) is 11.6. The first-order valence-electron chi connectivity index (χ1n) is 12.7. The molecule has 1 aromatic carbocycles. The molecule has 0 radical (unpaired) electrons. The molecule has 3 fully saturated rings. The minimum absolute atomic E-state index is 0.459. The van der Waals surface area contributed by atoms with Crippen molar-refractivity contribution in [3.8, 4) is 0 Å². The van der Waals surface area contributed by atoms with Crippen LogP contribution in [0.1, 0.15) is 76.7 Å². The zero-order valence-corrected chi connectivity index (χ0v) is 19.5. The summed E-state index contributed by atoms with van der Waals surface area (Å²) in [6.45, 7) is 5.28. The van der Waals surface area contributed by atoms with Gasteiger partial charge in [-0.2, -0.15) is 0 Å². The van der Waals surface area contributed by atoms with Gasteiger partial charge in [0, 0.05) is 23.8 Å². The van der Waals surface area contributed by atoms with E-state index in [0.717, 1.165) is 17.8 Å². The summed E-state index contributed by atoms with van der Waals surface area (Å²) in [5, 5.41) is 6.18. The zero-order chi connectivity index (χ0) is 21.2. The number of fused-ring (bicyclic) bond motifs is 6. The van der Waals surface area contributed by atoms with E-state index in [1.807, 2.05) is 12.4 Å². The lowest BCUT2D eigenvalue weighted by Gasteiger charge is -2.58. The van der Waals surface area contributed by atoms with E-state index < -0.39 is 0 Å². The van der Waals surface area contributed by atoms with Crippen LogP contribution in [-0.2, 0) is 0 Å². The fourth-order valence-electron chi connectivity index (χ4n) is 8.78. The molecule has 0 unspecified atom stereocenters. The van der Waals surface area contributed by atoms with Gasteiger partial charge in [0.15, 0.2) is 0 Å². The van der Waals surface area contributed by atoms with E-state index in [4.69, 9.17) is 0 Å². The number of hydrogen-bond acceptors (Lipinski definition) is 2. The van der Waals surface area contributed by atoms with E-state index in [2.05, 4.69) is 61.5 Å². The van der Waals surface area contributed by atoms with Crippen molar-refractivity contribution in [1.82, 2.24) is 10.3 Å². The van der Waals surface area contributed by atoms with Crippen molar-refractivity contribution in [3.05, 3.63) is 53.9 Å². The molecule has 1 N–H and O–H groups in total. The second kappa shape index (κ2) is 7.17. The summed E-state index contributed by atoms with van der Waals surface area (Å²) >= 11 is 0. The highest BCUT2D eigenvalue weighted by Crippen LogP contribution is 2.68. The first-order chi connectivity index (χ1) is 15.0. The number of aromatic nitrogens is 1. The number of benzene rings is 1. The molecule has 4 aliphatic carbocycles. The Kier molecular flexibility index (Phi) is 4.62. The predicted molar refractivity (Wildman–Crippen MR) is 129 cm³/mol. The molecule has 31 heavy (non-hydrogen) atoms. The van der Waals surface area contributed by atoms with Crippen LogP contribution in [0, 0.1) is 28.6 Å². The number of allylic oxidation sites excluding steroid dienone is 1. The highest BCUT2D eigenvalue weighted by Gasteiger charge is 2.58. The van der Waals surface area contributed by atoms with Crippen LogP contribution in [0.2, 0.25) is 0 Å². The first kappa shape index (κ1) is 20.0. The normalized spacial score (nSPS) is 41.9. The van der Waals surface area contributed by atoms with Crippen molar-refractivity contribution >= 4 is 10.8 Å². The topological polar surface area (TPSA) is 24.9 Å². The highest BCUT2D eigenvalue weighted by atomic mass is 14.9. The monoisotopic (exact) mass is 414 g/mol. The molecule has 2 heteroatoms. The van der Waals surface area contributed by atoms with Crippen molar-refractivity contribution in [2.75, 3.05) is 7.05 Å². The second-order valence-electron chi connectivity index (χ2n) is 11.6. The summed E-state index contributed by atoms with van der Waals surface area (Å²) < 4.78 is 0. The minimum atomic E-state index is 0.459. The van der Waals surface area contributed by atoms with Gasteiger partial charge in [-0.05, 0) is 116 Å². The molecule has 164 valence electrons. The quantitative estimate of drug-likeness (QED) is 0.542. The Hall–Kier alpha value is -1.67. The van der Waals surface area contributed by atoms with Gasteiger partial charge in [-0.15, -0.1) is 0 Å². The lowest BCUT2D eigenvalue weighted by Crippen LogP contribution is -2.51. The van der Waals surface area contributed by atoms with Crippen LogP contribution in [0.5, 0.6) is 0 Å². The van der Waals surface area contributed by atoms with Gasteiger partial charge < -0.3 is 5.32 Å². The maximum atomic E-state index is 4.38. The van der Waals surface area contributed by atoms with E-state index >= 15 is 0 Å². The van der Waals surface area contributed by atoms with Crippen LogP contribution in [0.3, 0.4) is 0 Å². The molecule has 2 aromatic rings. The zero-order valence-electron chi connectivity index (χ0n) is 19.5. The molecule has 0 spiro atoms. The van der Waals surface area contributed by atoms with Gasteiger partial charge in [-0.25, -0.2) is 0 Å². The van der Waals surface area contributed by atoms with E-state index in [1.54, 1.807) is 11.1 Å². The Labute approximate surface area is 187 Å². The third kappa shape index (κ3) is 2.90. The van der Waals surface area contributed by atoms with Crippen LogP contribution in [0.4, 0.5) is 0 Å². The van der Waals surface area contributed by atoms with Gasteiger partial charge in [0.2, 0.25) is 0 Å². The lowest BCUT2D eigenvalue weighted by atomic mass is 9.47. The Balaban J connectivity index is 1.31. The van der Waals surface area contributed by atoms with Crippen molar-refractivity contribution in [2.45, 2.75) is 77.2 Å². The predicted octanol–water partition coefficient (Wildman–Crippen LogP) is 6.87. The van der Waals surface area contributed by atoms with E-state index in [1.165, 1.54) is 62.1 Å². The van der Waals surface area contributed by atoms with Gasteiger partial charge >= 0.3 is 0 Å². The molecular formula is C29H38N2. The number of nitrogens with one attached hydrogen (secondary N) is 1. The van der Waals surface area contributed by atoms with Crippen molar-refractivity contribution in [1.29, 1.82) is 0 Å². The van der Waals surface area contributed by atoms with Crippen molar-refractivity contribution in [3.63, 3.8) is 0 Å². The Morgan fingerprint density at radius 2 is 1.87 bits per heavy atom. The maximum Gasteiger partial charge on any atom is 0.0346 e. The molecule has 2 nitrogen and oxygen atoms in total. The molecule has 1 aromatic heterocycles. The van der Waals surface area contributed by atoms with Gasteiger partial charge in [-0.3, -0.25) is 4.98 Å². The van der Waals surface area contributed by atoms with Gasteiger partial charge in [0.05, 0.1) is 0 Å². The SMILES string of the molecule is CN[C@H]1CC[C@@]2(C)C(=CC[C@H]3[C@@H]4CC[C@H](c5ccc6ccncc6c5)[C@@]4(C)CC[C@@H]32)C1. The van der Waals surface area contributed by atoms with Gasteiger partial charge in [-0.1, -0.05) is 37.6 Å². The summed E-state index contributed by atoms with van der Waals surface area (Å²) in [4.78, 5) is 4.38. The smallest absolute Gasteiger partial charge is 0.0346 e. The first-order valence-corrected chi connectivity index (χ1v) is 12.7. The van der Waals surface area contributed by atoms with Crippen LogP contribution in [0.15, 0.2) is 48.3 Å². The molecule has 0 amide bonds. The Bertz CT molecular complexity index is 1020. The molecule has 7 atom stereocenters. The average molecular weight is 415 g/mol. The fourth-order valence-corrected chi connectivity index (χ4v) is 8.78. The summed E-state index contributed by atoms with van der Waals surface area (Å²) in [5.41, 5.74) is 4.28. The molecule has 1 heterocycles. The van der Waals surface area contributed by atoms with E-state index in [9.17, 15) is 0 Å². The fraction of sp³-hybridized carbons (Fsp3) is 0.621. The Morgan fingerprint density at radius 1 is 0.968 bits per heavy atom. The van der Waals surface area contributed by atoms with Crippen LogP contribution >= 0.6 is 0 Å². The van der Waals surface area contributed by atoms with Crippen molar-refractivity contribution < 1.29 is 0 Å². The summed E-state index contributed by atoms with van der Waals surface area (Å²) in [7, 11) is 2.15. The third-order valence-corrected chi connectivity index (χ3v) is 10.6. The number of pyridine rings is 1. The summed E-state index contributed by atoms with van der Waals surface area (Å²) in [6.07, 6.45) is 17.6. The molecule has 0 bridgehead atoms. The van der Waals surface area contributed by atoms with Crippen molar-refractivity contribution in [2.24, 2.45) is 28.6 Å². The van der Waals surface area contributed by atoms with Gasteiger partial charge in [0.25, 0.3) is 0 Å². The molecule has 4 aliphatic rings. The number of rotatable bonds is 2. The maximum absolute atomic E-state index is 4.38. The van der Waals surface area contributed by atoms with E-state index in [0.29, 0.717) is 22.8 Å². The largest absolute Gasteiger partial charge is 0.317 e. The van der Waals surface area contributed by atoms with Crippen LogP contribution in [-0.4, -0.2) is 18.1 Å². The molecule has 3 saturated carbocycles. The van der Waals surface area contributed by atoms with E-state index in [-0.39, 0.29) is 0 Å². The average Bonchev–Trinajstić information content (AvgIpc) is 3.15. The minimum Gasteiger partial charge on any atom is -0.317 e. The van der Waals surface area contributed by atoms with Crippen LogP contribution in [0.25, 0.3) is 10.8 Å². The molecule has 0 aliphatic heterocycles. The summed E-state index contributed by atoms with van der Waals surface area (Å²) in [5.74, 6) is 3.40. The Morgan fingerprint density at radius 3 is 2.74 bits per heavy atom. The molecule has 6 rings (SSSR count). The van der Waals surface area contributed by atoms with Crippen LogP contribution < -0.4 is 5.32 Å². The molecular weight excluding hydrogens is 376 g/mol. The summed E-state index contributed by atoms with van der Waals surface area (Å²) in [6, 6.07) is 10.0.